The lowest BCUT2D eigenvalue weighted by Crippen LogP contribution is -1.93. The molecule has 1 rings (SSSR count). The van der Waals surface area contributed by atoms with Crippen molar-refractivity contribution < 1.29 is 0 Å². The standard InChI is InChI=1S/C9H11ClN2/c10-8-3-4-9(12)7(6-8)2-1-5-11/h1-4,6H,5,11-12H2. The Kier molecular flexibility index (Phi) is 3.14. The van der Waals surface area contributed by atoms with Gasteiger partial charge in [0.2, 0.25) is 0 Å². The molecule has 2 nitrogen and oxygen atoms in total. The third-order valence-electron chi connectivity index (χ3n) is 1.48. The summed E-state index contributed by atoms with van der Waals surface area (Å²) in [5.41, 5.74) is 12.6. The molecular weight excluding hydrogens is 172 g/mol. The van der Waals surface area contributed by atoms with E-state index in [1.54, 1.807) is 12.1 Å². The fourth-order valence-electron chi connectivity index (χ4n) is 0.885. The molecule has 1 aromatic carbocycles. The zero-order valence-corrected chi connectivity index (χ0v) is 7.38. The second-order valence-corrected chi connectivity index (χ2v) is 2.85. The van der Waals surface area contributed by atoms with Gasteiger partial charge in [0, 0.05) is 17.3 Å². The van der Waals surface area contributed by atoms with Crippen LogP contribution in [0.25, 0.3) is 6.08 Å². The monoisotopic (exact) mass is 182 g/mol. The Morgan fingerprint density at radius 2 is 2.17 bits per heavy atom. The van der Waals surface area contributed by atoms with E-state index < -0.39 is 0 Å². The summed E-state index contributed by atoms with van der Waals surface area (Å²) in [7, 11) is 0. The fourth-order valence-corrected chi connectivity index (χ4v) is 1.07. The highest BCUT2D eigenvalue weighted by molar-refractivity contribution is 6.30. The lowest BCUT2D eigenvalue weighted by molar-refractivity contribution is 1.26. The number of anilines is 1. The fraction of sp³-hybridized carbons (Fsp3) is 0.111. The molecule has 0 atom stereocenters. The second-order valence-electron chi connectivity index (χ2n) is 2.41. The summed E-state index contributed by atoms with van der Waals surface area (Å²) in [4.78, 5) is 0. The van der Waals surface area contributed by atoms with Crippen molar-refractivity contribution in [1.82, 2.24) is 0 Å². The molecule has 0 aliphatic rings. The molecular formula is C9H11ClN2. The van der Waals surface area contributed by atoms with E-state index in [2.05, 4.69) is 0 Å². The lowest BCUT2D eigenvalue weighted by Gasteiger charge is -1.99. The molecule has 0 unspecified atom stereocenters. The molecule has 0 aliphatic heterocycles. The minimum atomic E-state index is 0.506. The molecule has 0 fully saturated rings. The van der Waals surface area contributed by atoms with E-state index in [0.29, 0.717) is 17.3 Å². The third kappa shape index (κ3) is 2.26. The average Bonchev–Trinajstić information content (AvgIpc) is 2.07. The first-order valence-electron chi connectivity index (χ1n) is 3.65. The zero-order valence-electron chi connectivity index (χ0n) is 6.63. The van der Waals surface area contributed by atoms with Gasteiger partial charge in [0.1, 0.15) is 0 Å². The number of hydrogen-bond acceptors (Lipinski definition) is 2. The van der Waals surface area contributed by atoms with E-state index in [-0.39, 0.29) is 0 Å². The maximum Gasteiger partial charge on any atom is 0.0413 e. The molecule has 0 amide bonds. The lowest BCUT2D eigenvalue weighted by atomic mass is 10.1. The highest BCUT2D eigenvalue weighted by Gasteiger charge is 1.94. The van der Waals surface area contributed by atoms with Crippen LogP contribution in [0.4, 0.5) is 5.69 Å². The number of benzene rings is 1. The number of nitrogens with two attached hydrogens (primary N) is 2. The first-order chi connectivity index (χ1) is 5.74. The van der Waals surface area contributed by atoms with E-state index >= 15 is 0 Å². The van der Waals surface area contributed by atoms with Crippen molar-refractivity contribution in [2.45, 2.75) is 0 Å². The molecule has 12 heavy (non-hydrogen) atoms. The summed E-state index contributed by atoms with van der Waals surface area (Å²) < 4.78 is 0. The smallest absolute Gasteiger partial charge is 0.0413 e. The van der Waals surface area contributed by atoms with Gasteiger partial charge in [0.25, 0.3) is 0 Å². The summed E-state index contributed by atoms with van der Waals surface area (Å²) in [5.74, 6) is 0. The Morgan fingerprint density at radius 1 is 1.42 bits per heavy atom. The molecule has 0 radical (unpaired) electrons. The van der Waals surface area contributed by atoms with Gasteiger partial charge in [-0.05, 0) is 23.8 Å². The highest BCUT2D eigenvalue weighted by atomic mass is 35.5. The minimum absolute atomic E-state index is 0.506. The molecule has 3 heteroatoms. The molecule has 0 saturated heterocycles. The molecule has 0 heterocycles. The van der Waals surface area contributed by atoms with Crippen LogP contribution < -0.4 is 11.5 Å². The summed E-state index contributed by atoms with van der Waals surface area (Å²) in [6, 6.07) is 5.35. The maximum absolute atomic E-state index is 5.78. The molecule has 0 saturated carbocycles. The predicted octanol–water partition coefficient (Wildman–Crippen LogP) is 1.89. The van der Waals surface area contributed by atoms with Gasteiger partial charge in [-0.25, -0.2) is 0 Å². The van der Waals surface area contributed by atoms with E-state index in [9.17, 15) is 0 Å². The van der Waals surface area contributed by atoms with Gasteiger partial charge in [-0.3, -0.25) is 0 Å². The minimum Gasteiger partial charge on any atom is -0.398 e. The summed E-state index contributed by atoms with van der Waals surface area (Å²) >= 11 is 5.78. The quantitative estimate of drug-likeness (QED) is 0.687. The second kappa shape index (κ2) is 4.14. The van der Waals surface area contributed by atoms with Crippen LogP contribution in [-0.4, -0.2) is 6.54 Å². The van der Waals surface area contributed by atoms with Gasteiger partial charge in [0.05, 0.1) is 0 Å². The van der Waals surface area contributed by atoms with E-state index in [4.69, 9.17) is 23.1 Å². The van der Waals surface area contributed by atoms with Crippen LogP contribution in [0, 0.1) is 0 Å². The molecule has 1 aromatic rings. The Balaban J connectivity index is 2.97. The van der Waals surface area contributed by atoms with Crippen molar-refractivity contribution in [3.63, 3.8) is 0 Å². The van der Waals surface area contributed by atoms with Crippen molar-refractivity contribution in [3.05, 3.63) is 34.9 Å². The van der Waals surface area contributed by atoms with Gasteiger partial charge >= 0.3 is 0 Å². The average molecular weight is 183 g/mol. The number of halogens is 1. The number of nitrogen functional groups attached to an aromatic ring is 1. The molecule has 0 aliphatic carbocycles. The molecule has 0 aromatic heterocycles. The van der Waals surface area contributed by atoms with Crippen LogP contribution >= 0.6 is 11.6 Å². The van der Waals surface area contributed by atoms with Crippen molar-refractivity contribution in [2.75, 3.05) is 12.3 Å². The van der Waals surface area contributed by atoms with Crippen LogP contribution in [0.5, 0.6) is 0 Å². The molecule has 64 valence electrons. The van der Waals surface area contributed by atoms with Crippen LogP contribution in [-0.2, 0) is 0 Å². The Labute approximate surface area is 76.8 Å². The van der Waals surface area contributed by atoms with Crippen LogP contribution in [0.3, 0.4) is 0 Å². The van der Waals surface area contributed by atoms with E-state index in [0.717, 1.165) is 5.56 Å². The first kappa shape index (κ1) is 9.10. The summed E-state index contributed by atoms with van der Waals surface area (Å²) in [6.45, 7) is 0.506. The Bertz CT molecular complexity index is 295. The predicted molar refractivity (Wildman–Crippen MR) is 54.0 cm³/mol. The van der Waals surface area contributed by atoms with E-state index in [1.807, 2.05) is 18.2 Å². The molecule has 0 spiro atoms. The third-order valence-corrected chi connectivity index (χ3v) is 1.72. The summed E-state index contributed by atoms with van der Waals surface area (Å²) in [5, 5.41) is 0.681. The molecule has 4 N–H and O–H groups in total. The zero-order chi connectivity index (χ0) is 8.97. The van der Waals surface area contributed by atoms with Crippen LogP contribution in [0.2, 0.25) is 5.02 Å². The van der Waals surface area contributed by atoms with Gasteiger partial charge < -0.3 is 11.5 Å². The van der Waals surface area contributed by atoms with Crippen LogP contribution in [0.1, 0.15) is 5.56 Å². The maximum atomic E-state index is 5.78. The van der Waals surface area contributed by atoms with E-state index in [1.165, 1.54) is 0 Å². The Hall–Kier alpha value is -0.990. The SMILES string of the molecule is NCC=Cc1cc(Cl)ccc1N. The number of rotatable bonds is 2. The normalized spacial score (nSPS) is 10.8. The van der Waals surface area contributed by atoms with Crippen molar-refractivity contribution >= 4 is 23.4 Å². The highest BCUT2D eigenvalue weighted by Crippen LogP contribution is 2.18. The molecule has 0 bridgehead atoms. The topological polar surface area (TPSA) is 52.0 Å². The van der Waals surface area contributed by atoms with Crippen molar-refractivity contribution in [1.29, 1.82) is 0 Å². The van der Waals surface area contributed by atoms with Crippen molar-refractivity contribution in [2.24, 2.45) is 5.73 Å². The van der Waals surface area contributed by atoms with Crippen LogP contribution in [0.15, 0.2) is 24.3 Å². The van der Waals surface area contributed by atoms with Gasteiger partial charge in [-0.2, -0.15) is 0 Å². The van der Waals surface area contributed by atoms with Gasteiger partial charge in [-0.15, -0.1) is 0 Å². The Morgan fingerprint density at radius 3 is 2.83 bits per heavy atom. The van der Waals surface area contributed by atoms with Crippen molar-refractivity contribution in [3.8, 4) is 0 Å². The van der Waals surface area contributed by atoms with Gasteiger partial charge in [-0.1, -0.05) is 23.8 Å². The van der Waals surface area contributed by atoms with Gasteiger partial charge in [0.15, 0.2) is 0 Å². The first-order valence-corrected chi connectivity index (χ1v) is 4.03. The largest absolute Gasteiger partial charge is 0.398 e. The number of hydrogen-bond donors (Lipinski definition) is 2. The summed E-state index contributed by atoms with van der Waals surface area (Å²) in [6.07, 6.45) is 3.70.